The zero-order valence-corrected chi connectivity index (χ0v) is 20.6. The van der Waals surface area contributed by atoms with Crippen LogP contribution < -0.4 is 10.6 Å². The number of halogens is 1. The first kappa shape index (κ1) is 23.3. The normalized spacial score (nSPS) is 15.6. The molecule has 3 aromatic rings. The van der Waals surface area contributed by atoms with E-state index in [9.17, 15) is 9.59 Å². The van der Waals surface area contributed by atoms with Crippen LogP contribution in [-0.2, 0) is 9.53 Å². The highest BCUT2D eigenvalue weighted by Crippen LogP contribution is 2.27. The topological polar surface area (TPSA) is 72.6 Å². The van der Waals surface area contributed by atoms with Gasteiger partial charge in [0.1, 0.15) is 12.4 Å². The fourth-order valence-corrected chi connectivity index (χ4v) is 4.43. The molecule has 1 aliphatic heterocycles. The maximum atomic E-state index is 12.6. The Kier molecular flexibility index (Phi) is 6.99. The summed E-state index contributed by atoms with van der Waals surface area (Å²) >= 11 is 3.45. The van der Waals surface area contributed by atoms with Crippen LogP contribution in [0, 0.1) is 0 Å². The second-order valence-electron chi connectivity index (χ2n) is 8.34. The molecule has 8 nitrogen and oxygen atoms in total. The first-order valence-electron chi connectivity index (χ1n) is 11.0. The molecule has 0 spiro atoms. The van der Waals surface area contributed by atoms with Crippen LogP contribution in [0.15, 0.2) is 64.1 Å². The average molecular weight is 514 g/mol. The molecule has 1 fully saturated rings. The largest absolute Gasteiger partial charge is 0.468 e. The fraction of sp³-hybridized carbons (Fsp3) is 0.375. The van der Waals surface area contributed by atoms with Crippen molar-refractivity contribution in [2.45, 2.75) is 25.9 Å². The van der Waals surface area contributed by atoms with E-state index >= 15 is 0 Å². The van der Waals surface area contributed by atoms with Crippen LogP contribution >= 0.6 is 15.9 Å². The number of piperazine rings is 1. The van der Waals surface area contributed by atoms with Crippen LogP contribution in [0.25, 0.3) is 5.69 Å². The molecule has 174 valence electrons. The van der Waals surface area contributed by atoms with E-state index < -0.39 is 6.04 Å². The lowest BCUT2D eigenvalue weighted by molar-refractivity contribution is -0.147. The molecule has 1 atom stereocenters. The molecule has 0 amide bonds. The number of carbonyl (C=O) groups excluding carboxylic acids is 1. The number of aromatic nitrogens is 3. The predicted octanol–water partition coefficient (Wildman–Crippen LogP) is 3.41. The quantitative estimate of drug-likeness (QED) is 0.470. The maximum Gasteiger partial charge on any atom is 0.350 e. The van der Waals surface area contributed by atoms with Crippen molar-refractivity contribution < 1.29 is 9.53 Å². The van der Waals surface area contributed by atoms with E-state index in [1.165, 1.54) is 11.8 Å². The van der Waals surface area contributed by atoms with Crippen molar-refractivity contribution in [3.8, 4) is 5.69 Å². The van der Waals surface area contributed by atoms with Gasteiger partial charge in [-0.3, -0.25) is 4.90 Å². The summed E-state index contributed by atoms with van der Waals surface area (Å²) < 4.78 is 9.10. The summed E-state index contributed by atoms with van der Waals surface area (Å²) in [7, 11) is 1.43. The number of hydrogen-bond donors (Lipinski definition) is 0. The number of nitrogens with zero attached hydrogens (tertiary/aromatic N) is 5. The van der Waals surface area contributed by atoms with E-state index in [4.69, 9.17) is 4.74 Å². The van der Waals surface area contributed by atoms with Gasteiger partial charge in [-0.25, -0.2) is 18.8 Å². The Morgan fingerprint density at radius 1 is 0.970 bits per heavy atom. The number of hydrogen-bond acceptors (Lipinski definition) is 6. The highest BCUT2D eigenvalue weighted by molar-refractivity contribution is 9.10. The molecule has 2 aromatic carbocycles. The molecule has 9 heteroatoms. The van der Waals surface area contributed by atoms with Crippen LogP contribution in [0.3, 0.4) is 0 Å². The maximum absolute atomic E-state index is 12.6. The van der Waals surface area contributed by atoms with Crippen molar-refractivity contribution in [3.63, 3.8) is 0 Å². The molecule has 0 N–H and O–H groups in total. The third-order valence-corrected chi connectivity index (χ3v) is 6.49. The molecule has 0 bridgehead atoms. The van der Waals surface area contributed by atoms with Gasteiger partial charge >= 0.3 is 11.7 Å². The summed E-state index contributed by atoms with van der Waals surface area (Å²) in [6, 6.07) is 15.3. The molecule has 1 aromatic heterocycles. The van der Waals surface area contributed by atoms with Gasteiger partial charge in [-0.2, -0.15) is 5.10 Å². The van der Waals surface area contributed by atoms with Crippen molar-refractivity contribution in [1.82, 2.24) is 19.2 Å². The Hall–Kier alpha value is -2.91. The number of esters is 1. The SMILES string of the molecule is COC(=O)C(c1ccc(Br)cc1)N1CCN(c2ccc(-n3cnn(C(C)C)c3=O)cc2)CC1. The minimum Gasteiger partial charge on any atom is -0.468 e. The second-order valence-corrected chi connectivity index (χ2v) is 9.25. The molecule has 1 saturated heterocycles. The summed E-state index contributed by atoms with van der Waals surface area (Å²) in [6.45, 7) is 6.91. The smallest absolute Gasteiger partial charge is 0.350 e. The van der Waals surface area contributed by atoms with Gasteiger partial charge < -0.3 is 9.64 Å². The van der Waals surface area contributed by atoms with Crippen LogP contribution in [0.4, 0.5) is 5.69 Å². The number of ether oxygens (including phenoxy) is 1. The molecule has 0 aliphatic carbocycles. The Labute approximate surface area is 201 Å². The number of anilines is 1. The Morgan fingerprint density at radius 3 is 2.12 bits per heavy atom. The zero-order valence-electron chi connectivity index (χ0n) is 19.0. The first-order valence-corrected chi connectivity index (χ1v) is 11.8. The second kappa shape index (κ2) is 9.93. The standard InChI is InChI=1S/C24H28BrN5O3/c1-17(2)30-24(32)29(16-26-30)21-10-8-20(9-11-21)27-12-14-28(15-13-27)22(23(31)33-3)18-4-6-19(25)7-5-18/h4-11,16-17,22H,12-15H2,1-3H3. The zero-order chi connectivity index (χ0) is 23.5. The van der Waals surface area contributed by atoms with Gasteiger partial charge in [0.25, 0.3) is 0 Å². The van der Waals surface area contributed by atoms with Gasteiger partial charge in [0.05, 0.1) is 18.8 Å². The lowest BCUT2D eigenvalue weighted by Gasteiger charge is -2.39. The lowest BCUT2D eigenvalue weighted by atomic mass is 10.0. The molecule has 0 saturated carbocycles. The van der Waals surface area contributed by atoms with Crippen molar-refractivity contribution in [1.29, 1.82) is 0 Å². The number of methoxy groups -OCH3 is 1. The van der Waals surface area contributed by atoms with E-state index in [0.29, 0.717) is 0 Å². The minimum atomic E-state index is -0.419. The number of rotatable bonds is 6. The van der Waals surface area contributed by atoms with Crippen molar-refractivity contribution >= 4 is 27.6 Å². The van der Waals surface area contributed by atoms with Gasteiger partial charge in [0.15, 0.2) is 0 Å². The van der Waals surface area contributed by atoms with E-state index in [1.54, 1.807) is 10.9 Å². The van der Waals surface area contributed by atoms with Gasteiger partial charge in [-0.15, -0.1) is 0 Å². The molecular formula is C24H28BrN5O3. The van der Waals surface area contributed by atoms with E-state index in [1.807, 2.05) is 62.4 Å². The van der Waals surface area contributed by atoms with Crippen molar-refractivity contribution in [2.24, 2.45) is 0 Å². The molecule has 0 radical (unpaired) electrons. The van der Waals surface area contributed by atoms with Gasteiger partial charge in [0, 0.05) is 36.3 Å². The molecule has 1 aliphatic rings. The molecule has 4 rings (SSSR count). The predicted molar refractivity (Wildman–Crippen MR) is 131 cm³/mol. The fourth-order valence-electron chi connectivity index (χ4n) is 4.16. The highest BCUT2D eigenvalue weighted by atomic mass is 79.9. The molecular weight excluding hydrogens is 486 g/mol. The van der Waals surface area contributed by atoms with Crippen LogP contribution in [0.1, 0.15) is 31.5 Å². The Balaban J connectivity index is 1.45. The summed E-state index contributed by atoms with van der Waals surface area (Å²) in [6.07, 6.45) is 1.56. The van der Waals surface area contributed by atoms with E-state index in [2.05, 4.69) is 30.8 Å². The monoisotopic (exact) mass is 513 g/mol. The summed E-state index contributed by atoms with van der Waals surface area (Å²) in [5.74, 6) is -0.248. The third-order valence-electron chi connectivity index (χ3n) is 5.97. The van der Waals surface area contributed by atoms with Crippen LogP contribution in [-0.4, -0.2) is 58.5 Å². The summed E-state index contributed by atoms with van der Waals surface area (Å²) in [5.41, 5.74) is 2.65. The molecule has 2 heterocycles. The Morgan fingerprint density at radius 2 is 1.58 bits per heavy atom. The molecule has 1 unspecified atom stereocenters. The first-order chi connectivity index (χ1) is 15.9. The minimum absolute atomic E-state index is 0.0144. The summed E-state index contributed by atoms with van der Waals surface area (Å²) in [4.78, 5) is 29.5. The molecule has 33 heavy (non-hydrogen) atoms. The summed E-state index contributed by atoms with van der Waals surface area (Å²) in [5, 5.41) is 4.19. The van der Waals surface area contributed by atoms with Gasteiger partial charge in [0.2, 0.25) is 0 Å². The van der Waals surface area contributed by atoms with Gasteiger partial charge in [-0.1, -0.05) is 28.1 Å². The Bertz CT molecular complexity index is 1150. The lowest BCUT2D eigenvalue weighted by Crippen LogP contribution is -2.49. The third kappa shape index (κ3) is 4.89. The van der Waals surface area contributed by atoms with Crippen molar-refractivity contribution in [2.75, 3.05) is 38.2 Å². The highest BCUT2D eigenvalue weighted by Gasteiger charge is 2.31. The average Bonchev–Trinajstić information content (AvgIpc) is 3.22. The van der Waals surface area contributed by atoms with E-state index in [-0.39, 0.29) is 17.7 Å². The van der Waals surface area contributed by atoms with Crippen LogP contribution in [0.2, 0.25) is 0 Å². The number of carbonyl (C=O) groups is 1. The van der Waals surface area contributed by atoms with Gasteiger partial charge in [-0.05, 0) is 55.8 Å². The van der Waals surface area contributed by atoms with Crippen LogP contribution in [0.5, 0.6) is 0 Å². The van der Waals surface area contributed by atoms with Crippen molar-refractivity contribution in [3.05, 3.63) is 75.4 Å². The van der Waals surface area contributed by atoms with E-state index in [0.717, 1.165) is 47.6 Å². The number of benzene rings is 2.